The van der Waals surface area contributed by atoms with E-state index in [1.54, 1.807) is 12.5 Å². The molecule has 1 amide bonds. The molecule has 178 valence electrons. The van der Waals surface area contributed by atoms with Crippen molar-refractivity contribution < 1.29 is 4.79 Å². The monoisotopic (exact) mass is 481 g/mol. The van der Waals surface area contributed by atoms with Crippen molar-refractivity contribution in [1.29, 1.82) is 0 Å². The highest BCUT2D eigenvalue weighted by Gasteiger charge is 2.16. The Labute approximate surface area is 210 Å². The molecular formula is C30H31N3OS. The van der Waals surface area contributed by atoms with E-state index >= 15 is 0 Å². The van der Waals surface area contributed by atoms with Gasteiger partial charge in [-0.25, -0.2) is 4.98 Å². The molecule has 1 atom stereocenters. The Morgan fingerprint density at radius 3 is 2.71 bits per heavy atom. The first-order valence-corrected chi connectivity index (χ1v) is 13.3. The van der Waals surface area contributed by atoms with E-state index in [0.717, 1.165) is 24.1 Å². The molecule has 1 N–H and O–H groups in total. The van der Waals surface area contributed by atoms with Gasteiger partial charge in [0.1, 0.15) is 5.69 Å². The Balaban J connectivity index is 1.44. The van der Waals surface area contributed by atoms with E-state index in [1.165, 1.54) is 38.6 Å². The molecule has 35 heavy (non-hydrogen) atoms. The Hall–Kier alpha value is -3.44. The average Bonchev–Trinajstić information content (AvgIpc) is 3.54. The van der Waals surface area contributed by atoms with Gasteiger partial charge in [-0.1, -0.05) is 81.6 Å². The van der Waals surface area contributed by atoms with Gasteiger partial charge in [-0.05, 0) is 41.7 Å². The van der Waals surface area contributed by atoms with E-state index in [1.807, 2.05) is 22.0 Å². The number of carbonyl (C=O) groups is 1. The molecule has 0 saturated carbocycles. The van der Waals surface area contributed by atoms with Crippen LogP contribution in [-0.4, -0.2) is 22.0 Å². The molecule has 4 nitrogen and oxygen atoms in total. The summed E-state index contributed by atoms with van der Waals surface area (Å²) in [5.74, 6) is 0.440. The van der Waals surface area contributed by atoms with E-state index in [0.29, 0.717) is 18.2 Å². The number of rotatable bonds is 9. The standard InChI is InChI=1S/C30H31N3OS/c1-3-5-10-21(4-2)18-32-30(34)27-19-31-20-33(27)23-12-8-11-22(17-23)24-14-9-15-26-25-13-6-7-16-28(25)35-29(24)26/h6-9,11-17,19-21H,3-5,10,18H2,1-2H3,(H,32,34)/t21-/m0/s1. The quantitative estimate of drug-likeness (QED) is 0.233. The molecule has 0 radical (unpaired) electrons. The SMILES string of the molecule is CCCC[C@H](CC)CNC(=O)c1cncn1-c1cccc(-c2cccc3c2sc2ccccc23)c1. The number of hydrogen-bond donors (Lipinski definition) is 1. The molecule has 0 fully saturated rings. The highest BCUT2D eigenvalue weighted by Crippen LogP contribution is 2.40. The number of carbonyl (C=O) groups excluding carboxylic acids is 1. The van der Waals surface area contributed by atoms with Crippen molar-refractivity contribution in [2.24, 2.45) is 5.92 Å². The number of thiophene rings is 1. The first-order valence-electron chi connectivity index (χ1n) is 12.5. The zero-order valence-electron chi connectivity index (χ0n) is 20.3. The maximum absolute atomic E-state index is 13.1. The van der Waals surface area contributed by atoms with Crippen molar-refractivity contribution in [1.82, 2.24) is 14.9 Å². The second kappa shape index (κ2) is 10.4. The van der Waals surface area contributed by atoms with E-state index in [4.69, 9.17) is 0 Å². The minimum atomic E-state index is -0.0746. The molecule has 5 aromatic rings. The van der Waals surface area contributed by atoms with Gasteiger partial charge in [-0.15, -0.1) is 11.3 Å². The predicted molar refractivity (Wildman–Crippen MR) is 148 cm³/mol. The molecular weight excluding hydrogens is 450 g/mol. The van der Waals surface area contributed by atoms with Crippen molar-refractivity contribution in [3.05, 3.63) is 84.9 Å². The molecule has 3 aromatic carbocycles. The van der Waals surface area contributed by atoms with Crippen LogP contribution >= 0.6 is 11.3 Å². The van der Waals surface area contributed by atoms with Crippen molar-refractivity contribution in [3.8, 4) is 16.8 Å². The second-order valence-corrected chi connectivity index (χ2v) is 10.2. The van der Waals surface area contributed by atoms with E-state index in [9.17, 15) is 4.79 Å². The normalized spacial score (nSPS) is 12.3. The zero-order chi connectivity index (χ0) is 24.2. The van der Waals surface area contributed by atoms with E-state index < -0.39 is 0 Å². The fourth-order valence-electron chi connectivity index (χ4n) is 4.74. The number of hydrogen-bond acceptors (Lipinski definition) is 3. The van der Waals surface area contributed by atoms with Gasteiger partial charge in [-0.2, -0.15) is 0 Å². The zero-order valence-corrected chi connectivity index (χ0v) is 21.1. The van der Waals surface area contributed by atoms with Gasteiger partial charge in [0.15, 0.2) is 0 Å². The summed E-state index contributed by atoms with van der Waals surface area (Å²) in [4.78, 5) is 17.4. The number of amides is 1. The second-order valence-electron chi connectivity index (χ2n) is 9.11. The third-order valence-corrected chi connectivity index (χ3v) is 8.03. The lowest BCUT2D eigenvalue weighted by Crippen LogP contribution is -2.30. The summed E-state index contributed by atoms with van der Waals surface area (Å²) in [6, 6.07) is 23.4. The van der Waals surface area contributed by atoms with Crippen molar-refractivity contribution in [3.63, 3.8) is 0 Å². The maximum atomic E-state index is 13.1. The van der Waals surface area contributed by atoms with Crippen LogP contribution in [0.3, 0.4) is 0 Å². The summed E-state index contributed by atoms with van der Waals surface area (Å²) in [5.41, 5.74) is 3.83. The van der Waals surface area contributed by atoms with Crippen molar-refractivity contribution in [2.45, 2.75) is 39.5 Å². The van der Waals surface area contributed by atoms with Crippen molar-refractivity contribution in [2.75, 3.05) is 6.54 Å². The van der Waals surface area contributed by atoms with E-state index in [-0.39, 0.29) is 5.91 Å². The molecule has 2 aromatic heterocycles. The molecule has 0 aliphatic rings. The third-order valence-electron chi connectivity index (χ3n) is 6.81. The molecule has 0 bridgehead atoms. The van der Waals surface area contributed by atoms with Gasteiger partial charge in [0.25, 0.3) is 5.91 Å². The maximum Gasteiger partial charge on any atom is 0.269 e. The number of nitrogens with zero attached hydrogens (tertiary/aromatic N) is 2. The lowest BCUT2D eigenvalue weighted by Gasteiger charge is -2.16. The molecule has 2 heterocycles. The lowest BCUT2D eigenvalue weighted by molar-refractivity contribution is 0.0939. The third kappa shape index (κ3) is 4.73. The van der Waals surface area contributed by atoms with Gasteiger partial charge >= 0.3 is 0 Å². The summed E-state index contributed by atoms with van der Waals surface area (Å²) in [7, 11) is 0. The van der Waals surface area contributed by atoms with Gasteiger partial charge in [0.2, 0.25) is 0 Å². The molecule has 0 spiro atoms. The molecule has 5 rings (SSSR count). The highest BCUT2D eigenvalue weighted by molar-refractivity contribution is 7.26. The first kappa shape index (κ1) is 23.3. The Bertz CT molecular complexity index is 1470. The average molecular weight is 482 g/mol. The number of aromatic nitrogens is 2. The van der Waals surface area contributed by atoms with Crippen LogP contribution in [0.25, 0.3) is 37.0 Å². The summed E-state index contributed by atoms with van der Waals surface area (Å²) < 4.78 is 4.47. The largest absolute Gasteiger partial charge is 0.350 e. The number of fused-ring (bicyclic) bond motifs is 3. The predicted octanol–water partition coefficient (Wildman–Crippen LogP) is 7.85. The van der Waals surface area contributed by atoms with Gasteiger partial charge in [0, 0.05) is 32.4 Å². The molecule has 0 unspecified atom stereocenters. The number of nitrogens with one attached hydrogen (secondary N) is 1. The van der Waals surface area contributed by atoms with Gasteiger partial charge in [-0.3, -0.25) is 9.36 Å². The van der Waals surface area contributed by atoms with Crippen LogP contribution in [0.5, 0.6) is 0 Å². The first-order chi connectivity index (χ1) is 17.2. The number of imidazole rings is 1. The van der Waals surface area contributed by atoms with Crippen LogP contribution in [0, 0.1) is 5.92 Å². The summed E-state index contributed by atoms with van der Waals surface area (Å²) in [6.45, 7) is 5.10. The van der Waals surface area contributed by atoms with E-state index in [2.05, 4.69) is 84.8 Å². The van der Waals surface area contributed by atoms with Gasteiger partial charge in [0.05, 0.1) is 12.5 Å². The molecule has 0 aliphatic heterocycles. The van der Waals surface area contributed by atoms with Gasteiger partial charge < -0.3 is 5.32 Å². The molecule has 0 saturated heterocycles. The minimum Gasteiger partial charge on any atom is -0.350 e. The summed E-state index contributed by atoms with van der Waals surface area (Å²) in [5, 5.41) is 5.72. The van der Waals surface area contributed by atoms with Crippen molar-refractivity contribution >= 4 is 37.4 Å². The smallest absolute Gasteiger partial charge is 0.269 e. The minimum absolute atomic E-state index is 0.0746. The fraction of sp³-hybridized carbons (Fsp3) is 0.267. The highest BCUT2D eigenvalue weighted by atomic mass is 32.1. The lowest BCUT2D eigenvalue weighted by atomic mass is 9.99. The van der Waals surface area contributed by atoms with Crippen LogP contribution in [0.4, 0.5) is 0 Å². The Morgan fingerprint density at radius 1 is 1.03 bits per heavy atom. The topological polar surface area (TPSA) is 46.9 Å². The number of unbranched alkanes of at least 4 members (excludes halogenated alkanes) is 1. The molecule has 5 heteroatoms. The fourth-order valence-corrected chi connectivity index (χ4v) is 5.98. The molecule has 0 aliphatic carbocycles. The van der Waals surface area contributed by atoms with Crippen LogP contribution in [0.2, 0.25) is 0 Å². The van der Waals surface area contributed by atoms with Crippen LogP contribution < -0.4 is 5.32 Å². The summed E-state index contributed by atoms with van der Waals surface area (Å²) >= 11 is 1.83. The number of benzene rings is 3. The Morgan fingerprint density at radius 2 is 1.86 bits per heavy atom. The summed E-state index contributed by atoms with van der Waals surface area (Å²) in [6.07, 6.45) is 7.99. The Kier molecular flexibility index (Phi) is 6.96. The van der Waals surface area contributed by atoms with Crippen LogP contribution in [0.15, 0.2) is 79.3 Å². The van der Waals surface area contributed by atoms with Crippen LogP contribution in [0.1, 0.15) is 50.0 Å². The van der Waals surface area contributed by atoms with Crippen LogP contribution in [-0.2, 0) is 0 Å².